The number of fused-ring (bicyclic) bond motifs is 1. The number of nitriles is 1. The molecule has 0 bridgehead atoms. The fourth-order valence-electron chi connectivity index (χ4n) is 2.42. The summed E-state index contributed by atoms with van der Waals surface area (Å²) in [6.45, 7) is 2.16. The molecule has 7 nitrogen and oxygen atoms in total. The van der Waals surface area contributed by atoms with Crippen LogP contribution < -0.4 is 14.8 Å². The summed E-state index contributed by atoms with van der Waals surface area (Å²) in [4.78, 5) is 24.0. The van der Waals surface area contributed by atoms with Gasteiger partial charge in [-0.05, 0) is 55.0 Å². The number of anilines is 1. The van der Waals surface area contributed by atoms with Crippen LogP contribution in [0.2, 0.25) is 0 Å². The third kappa shape index (κ3) is 4.25. The van der Waals surface area contributed by atoms with Crippen LogP contribution in [-0.4, -0.2) is 25.3 Å². The SMILES string of the molecule is CCOC(=O)c1ccc(NC(=O)/C(C#N)=C/c2ccc3c(c2)OCO3)cc1. The van der Waals surface area contributed by atoms with Crippen molar-refractivity contribution in [2.75, 3.05) is 18.7 Å². The van der Waals surface area contributed by atoms with Gasteiger partial charge in [-0.2, -0.15) is 5.26 Å². The lowest BCUT2D eigenvalue weighted by atomic mass is 10.1. The molecule has 0 aromatic heterocycles. The Bertz CT molecular complexity index is 942. The molecule has 2 aromatic rings. The fraction of sp³-hybridized carbons (Fsp3) is 0.150. The highest BCUT2D eigenvalue weighted by Gasteiger charge is 2.15. The van der Waals surface area contributed by atoms with Gasteiger partial charge in [-0.1, -0.05) is 6.07 Å². The van der Waals surface area contributed by atoms with Gasteiger partial charge in [-0.3, -0.25) is 4.79 Å². The molecule has 3 rings (SSSR count). The third-order valence-electron chi connectivity index (χ3n) is 3.73. The third-order valence-corrected chi connectivity index (χ3v) is 3.73. The van der Waals surface area contributed by atoms with Crippen molar-refractivity contribution in [3.63, 3.8) is 0 Å². The first-order valence-corrected chi connectivity index (χ1v) is 8.20. The van der Waals surface area contributed by atoms with Crippen LogP contribution in [0.15, 0.2) is 48.0 Å². The van der Waals surface area contributed by atoms with E-state index in [2.05, 4.69) is 5.32 Å². The molecule has 1 aliphatic rings. The van der Waals surface area contributed by atoms with E-state index < -0.39 is 11.9 Å². The number of rotatable bonds is 5. The van der Waals surface area contributed by atoms with Crippen molar-refractivity contribution in [3.05, 3.63) is 59.2 Å². The van der Waals surface area contributed by atoms with Crippen LogP contribution in [0.4, 0.5) is 5.69 Å². The monoisotopic (exact) mass is 364 g/mol. The van der Waals surface area contributed by atoms with Gasteiger partial charge in [0.1, 0.15) is 11.6 Å². The molecular formula is C20H16N2O5. The van der Waals surface area contributed by atoms with E-state index in [1.807, 2.05) is 6.07 Å². The van der Waals surface area contributed by atoms with Crippen molar-refractivity contribution < 1.29 is 23.8 Å². The number of benzene rings is 2. The number of carbonyl (C=O) groups is 2. The maximum Gasteiger partial charge on any atom is 0.338 e. The van der Waals surface area contributed by atoms with E-state index in [9.17, 15) is 14.9 Å². The summed E-state index contributed by atoms with van der Waals surface area (Å²) in [5.74, 6) is 0.197. The zero-order valence-electron chi connectivity index (χ0n) is 14.5. The molecule has 0 saturated heterocycles. The molecule has 27 heavy (non-hydrogen) atoms. The van der Waals surface area contributed by atoms with E-state index in [0.29, 0.717) is 28.3 Å². The van der Waals surface area contributed by atoms with Gasteiger partial charge in [0.05, 0.1) is 12.2 Å². The molecule has 0 unspecified atom stereocenters. The highest BCUT2D eigenvalue weighted by molar-refractivity contribution is 6.09. The van der Waals surface area contributed by atoms with Crippen LogP contribution in [0, 0.1) is 11.3 Å². The van der Waals surface area contributed by atoms with Crippen LogP contribution in [0.25, 0.3) is 6.08 Å². The summed E-state index contributed by atoms with van der Waals surface area (Å²) in [6.07, 6.45) is 1.46. The predicted molar refractivity (Wildman–Crippen MR) is 97.2 cm³/mol. The Balaban J connectivity index is 1.72. The van der Waals surface area contributed by atoms with Gasteiger partial charge in [-0.25, -0.2) is 4.79 Å². The number of esters is 1. The minimum atomic E-state index is -0.556. The molecule has 0 atom stereocenters. The molecule has 1 N–H and O–H groups in total. The quantitative estimate of drug-likeness (QED) is 0.497. The molecule has 7 heteroatoms. The first-order chi connectivity index (χ1) is 13.1. The highest BCUT2D eigenvalue weighted by atomic mass is 16.7. The summed E-state index contributed by atoms with van der Waals surface area (Å²) < 4.78 is 15.4. The largest absolute Gasteiger partial charge is 0.462 e. The summed E-state index contributed by atoms with van der Waals surface area (Å²) >= 11 is 0. The number of carbonyl (C=O) groups excluding carboxylic acids is 2. The van der Waals surface area contributed by atoms with E-state index in [-0.39, 0.29) is 19.0 Å². The molecular weight excluding hydrogens is 348 g/mol. The van der Waals surface area contributed by atoms with Crippen LogP contribution in [0.1, 0.15) is 22.8 Å². The number of amides is 1. The van der Waals surface area contributed by atoms with Gasteiger partial charge in [0.15, 0.2) is 11.5 Å². The lowest BCUT2D eigenvalue weighted by Gasteiger charge is -2.06. The van der Waals surface area contributed by atoms with Crippen molar-refractivity contribution >= 4 is 23.6 Å². The van der Waals surface area contributed by atoms with Crippen LogP contribution >= 0.6 is 0 Å². The maximum absolute atomic E-state index is 12.4. The second-order valence-corrected chi connectivity index (χ2v) is 5.53. The minimum absolute atomic E-state index is 0.0664. The van der Waals surface area contributed by atoms with Crippen molar-refractivity contribution in [2.24, 2.45) is 0 Å². The predicted octanol–water partition coefficient (Wildman–Crippen LogP) is 3.14. The van der Waals surface area contributed by atoms with Gasteiger partial charge in [0.2, 0.25) is 6.79 Å². The number of ether oxygens (including phenoxy) is 3. The zero-order chi connectivity index (χ0) is 19.2. The molecule has 2 aromatic carbocycles. The Morgan fingerprint density at radius 1 is 1.19 bits per heavy atom. The van der Waals surface area contributed by atoms with Crippen LogP contribution in [-0.2, 0) is 9.53 Å². The van der Waals surface area contributed by atoms with Crippen LogP contribution in [0.5, 0.6) is 11.5 Å². The van der Waals surface area contributed by atoms with Gasteiger partial charge < -0.3 is 19.5 Å². The normalized spacial score (nSPS) is 12.2. The topological polar surface area (TPSA) is 97.7 Å². The van der Waals surface area contributed by atoms with Gasteiger partial charge in [0.25, 0.3) is 5.91 Å². The summed E-state index contributed by atoms with van der Waals surface area (Å²) in [5.41, 5.74) is 1.41. The second kappa shape index (κ2) is 8.06. The maximum atomic E-state index is 12.4. The average Bonchev–Trinajstić information content (AvgIpc) is 3.14. The zero-order valence-corrected chi connectivity index (χ0v) is 14.5. The van der Waals surface area contributed by atoms with E-state index >= 15 is 0 Å². The van der Waals surface area contributed by atoms with E-state index in [4.69, 9.17) is 14.2 Å². The smallest absolute Gasteiger partial charge is 0.338 e. The van der Waals surface area contributed by atoms with E-state index in [1.54, 1.807) is 49.4 Å². The average molecular weight is 364 g/mol. The lowest BCUT2D eigenvalue weighted by Crippen LogP contribution is -2.13. The molecule has 0 saturated carbocycles. The molecule has 1 amide bonds. The van der Waals surface area contributed by atoms with Crippen molar-refractivity contribution in [1.29, 1.82) is 5.26 Å². The van der Waals surface area contributed by atoms with Crippen molar-refractivity contribution in [1.82, 2.24) is 0 Å². The molecule has 1 aliphatic heterocycles. The molecule has 0 fully saturated rings. The molecule has 0 aliphatic carbocycles. The van der Waals surface area contributed by atoms with Gasteiger partial charge in [0, 0.05) is 5.69 Å². The Morgan fingerprint density at radius 3 is 2.63 bits per heavy atom. The van der Waals surface area contributed by atoms with Crippen LogP contribution in [0.3, 0.4) is 0 Å². The van der Waals surface area contributed by atoms with Crippen molar-refractivity contribution in [2.45, 2.75) is 6.92 Å². The molecule has 136 valence electrons. The number of nitrogens with zero attached hydrogens (tertiary/aromatic N) is 1. The summed E-state index contributed by atoms with van der Waals surface area (Å²) in [6, 6.07) is 13.3. The summed E-state index contributed by atoms with van der Waals surface area (Å²) in [7, 11) is 0. The van der Waals surface area contributed by atoms with Gasteiger partial charge >= 0.3 is 5.97 Å². The Hall–Kier alpha value is -3.79. The standard InChI is InChI=1S/C20H16N2O5/c1-2-25-20(24)14-4-6-16(7-5-14)22-19(23)15(11-21)9-13-3-8-17-18(10-13)27-12-26-17/h3-10H,2,12H2,1H3,(H,22,23)/b15-9+. The lowest BCUT2D eigenvalue weighted by molar-refractivity contribution is -0.112. The number of hydrogen-bond donors (Lipinski definition) is 1. The first kappa shape index (κ1) is 18.0. The van der Waals surface area contributed by atoms with Gasteiger partial charge in [-0.15, -0.1) is 0 Å². The Morgan fingerprint density at radius 2 is 1.93 bits per heavy atom. The Labute approximate surface area is 155 Å². The Kier molecular flexibility index (Phi) is 5.38. The number of nitrogens with one attached hydrogen (secondary N) is 1. The minimum Gasteiger partial charge on any atom is -0.462 e. The number of hydrogen-bond acceptors (Lipinski definition) is 6. The first-order valence-electron chi connectivity index (χ1n) is 8.20. The summed E-state index contributed by atoms with van der Waals surface area (Å²) in [5, 5.41) is 11.9. The fourth-order valence-corrected chi connectivity index (χ4v) is 2.42. The second-order valence-electron chi connectivity index (χ2n) is 5.53. The van der Waals surface area contributed by atoms with E-state index in [1.165, 1.54) is 6.08 Å². The van der Waals surface area contributed by atoms with Crippen molar-refractivity contribution in [3.8, 4) is 17.6 Å². The molecule has 0 radical (unpaired) electrons. The van der Waals surface area contributed by atoms with E-state index in [0.717, 1.165) is 0 Å². The highest BCUT2D eigenvalue weighted by Crippen LogP contribution is 2.33. The molecule has 1 heterocycles. The molecule has 0 spiro atoms.